The quantitative estimate of drug-likeness (QED) is 0.367. The monoisotopic (exact) mass is 438 g/mol. The third kappa shape index (κ3) is 3.65. The first-order chi connectivity index (χ1) is 14.2. The van der Waals surface area contributed by atoms with Crippen LogP contribution in [0.1, 0.15) is 18.7 Å². The van der Waals surface area contributed by atoms with Gasteiger partial charge in [0.2, 0.25) is 6.17 Å². The van der Waals surface area contributed by atoms with E-state index in [2.05, 4.69) is 5.32 Å². The van der Waals surface area contributed by atoms with Gasteiger partial charge < -0.3 is 19.9 Å². The second-order valence-corrected chi connectivity index (χ2v) is 7.65. The molecule has 0 aliphatic carbocycles. The number of nitrogens with one attached hydrogen (secondary N) is 1. The van der Waals surface area contributed by atoms with E-state index in [9.17, 15) is 28.7 Å². The SMILES string of the molecule is COC1(NC(=O)C(F)c2ccccc2)C(=O)N2C(C(=O)O)=C(COC(C)=O)CS[C@@H]21. The van der Waals surface area contributed by atoms with Gasteiger partial charge >= 0.3 is 11.9 Å². The lowest BCUT2D eigenvalue weighted by Crippen LogP contribution is -2.80. The smallest absolute Gasteiger partial charge is 0.352 e. The van der Waals surface area contributed by atoms with Crippen molar-refractivity contribution in [2.24, 2.45) is 0 Å². The Morgan fingerprint density at radius 3 is 2.60 bits per heavy atom. The van der Waals surface area contributed by atoms with Gasteiger partial charge in [0.05, 0.1) is 0 Å². The number of hydrogen-bond acceptors (Lipinski definition) is 7. The fourth-order valence-electron chi connectivity index (χ4n) is 3.26. The van der Waals surface area contributed by atoms with Crippen molar-refractivity contribution >= 4 is 35.5 Å². The highest BCUT2D eigenvalue weighted by molar-refractivity contribution is 8.00. The number of alkyl halides is 1. The number of aliphatic carboxylic acids is 1. The number of carbonyl (C=O) groups excluding carboxylic acids is 3. The van der Waals surface area contributed by atoms with Gasteiger partial charge in [0.15, 0.2) is 0 Å². The van der Waals surface area contributed by atoms with Crippen molar-refractivity contribution in [3.63, 3.8) is 0 Å². The van der Waals surface area contributed by atoms with Crippen LogP contribution in [-0.4, -0.2) is 64.3 Å². The number of nitrogens with zero attached hydrogens (tertiary/aromatic N) is 1. The maximum atomic E-state index is 14.6. The Bertz CT molecular complexity index is 923. The summed E-state index contributed by atoms with van der Waals surface area (Å²) >= 11 is 1.11. The summed E-state index contributed by atoms with van der Waals surface area (Å²) in [7, 11) is 1.17. The van der Waals surface area contributed by atoms with E-state index in [0.29, 0.717) is 0 Å². The number of hydrogen-bond donors (Lipinski definition) is 2. The van der Waals surface area contributed by atoms with Gasteiger partial charge in [-0.2, -0.15) is 0 Å². The molecule has 3 rings (SSSR count). The van der Waals surface area contributed by atoms with E-state index < -0.39 is 41.0 Å². The molecule has 0 radical (unpaired) electrons. The zero-order valence-corrected chi connectivity index (χ0v) is 16.9. The summed E-state index contributed by atoms with van der Waals surface area (Å²) in [5.41, 5.74) is -1.91. The fraction of sp³-hybridized carbons (Fsp3) is 0.368. The Balaban J connectivity index is 1.84. The molecule has 3 atom stereocenters. The van der Waals surface area contributed by atoms with Gasteiger partial charge in [-0.3, -0.25) is 19.3 Å². The average Bonchev–Trinajstić information content (AvgIpc) is 2.74. The van der Waals surface area contributed by atoms with Gasteiger partial charge in [-0.25, -0.2) is 9.18 Å². The molecule has 2 N–H and O–H groups in total. The van der Waals surface area contributed by atoms with Crippen LogP contribution in [0, 0.1) is 0 Å². The Labute approximate surface area is 175 Å². The number of thioether (sulfide) groups is 1. The van der Waals surface area contributed by atoms with Crippen LogP contribution in [0.2, 0.25) is 0 Å². The van der Waals surface area contributed by atoms with Gasteiger partial charge in [-0.15, -0.1) is 11.8 Å². The van der Waals surface area contributed by atoms with Crippen molar-refractivity contribution in [1.82, 2.24) is 10.2 Å². The van der Waals surface area contributed by atoms with Crippen molar-refractivity contribution in [2.45, 2.75) is 24.2 Å². The van der Waals surface area contributed by atoms with E-state index in [1.165, 1.54) is 26.2 Å². The molecule has 2 aliphatic heterocycles. The van der Waals surface area contributed by atoms with Crippen LogP contribution in [0.25, 0.3) is 0 Å². The van der Waals surface area contributed by atoms with Crippen molar-refractivity contribution in [3.8, 4) is 0 Å². The molecule has 1 saturated heterocycles. The molecule has 0 saturated carbocycles. The predicted octanol–water partition coefficient (Wildman–Crippen LogP) is 0.973. The van der Waals surface area contributed by atoms with Gasteiger partial charge in [-0.1, -0.05) is 30.3 Å². The molecular weight excluding hydrogens is 419 g/mol. The second-order valence-electron chi connectivity index (χ2n) is 6.58. The molecular formula is C19H19FN2O7S. The zero-order valence-electron chi connectivity index (χ0n) is 16.1. The molecule has 0 spiro atoms. The largest absolute Gasteiger partial charge is 0.477 e. The molecule has 2 aliphatic rings. The van der Waals surface area contributed by atoms with Crippen LogP contribution in [0.3, 0.4) is 0 Å². The van der Waals surface area contributed by atoms with E-state index in [1.807, 2.05) is 0 Å². The first kappa shape index (κ1) is 21.8. The van der Waals surface area contributed by atoms with Crippen LogP contribution in [0.5, 0.6) is 0 Å². The fourth-order valence-corrected chi connectivity index (χ4v) is 4.68. The zero-order chi connectivity index (χ0) is 22.1. The second kappa shape index (κ2) is 8.44. The number of halogens is 1. The number of β-lactam (4-membered cyclic amide) rings is 1. The molecule has 11 heteroatoms. The number of carboxylic acids is 1. The van der Waals surface area contributed by atoms with E-state index in [0.717, 1.165) is 16.7 Å². The molecule has 2 amide bonds. The number of esters is 1. The van der Waals surface area contributed by atoms with Crippen molar-refractivity contribution < 1.29 is 38.1 Å². The summed E-state index contributed by atoms with van der Waals surface area (Å²) in [5, 5.41) is 11.0. The normalized spacial score (nSPS) is 23.9. The number of amides is 2. The summed E-state index contributed by atoms with van der Waals surface area (Å²) in [4.78, 5) is 49.1. The van der Waals surface area contributed by atoms with E-state index in [4.69, 9.17) is 9.47 Å². The predicted molar refractivity (Wildman–Crippen MR) is 103 cm³/mol. The first-order valence-electron chi connectivity index (χ1n) is 8.83. The third-order valence-corrected chi connectivity index (χ3v) is 6.09. The number of fused-ring (bicyclic) bond motifs is 1. The minimum absolute atomic E-state index is 0.107. The first-order valence-corrected chi connectivity index (χ1v) is 9.88. The summed E-state index contributed by atoms with van der Waals surface area (Å²) in [6.07, 6.45) is -2.04. The summed E-state index contributed by atoms with van der Waals surface area (Å²) in [6, 6.07) is 7.68. The molecule has 2 heterocycles. The minimum Gasteiger partial charge on any atom is -0.477 e. The summed E-state index contributed by atoms with van der Waals surface area (Å²) in [6.45, 7) is 0.896. The Morgan fingerprint density at radius 1 is 1.37 bits per heavy atom. The topological polar surface area (TPSA) is 122 Å². The lowest BCUT2D eigenvalue weighted by Gasteiger charge is -2.55. The maximum Gasteiger partial charge on any atom is 0.352 e. The van der Waals surface area contributed by atoms with Crippen molar-refractivity contribution in [1.29, 1.82) is 0 Å². The van der Waals surface area contributed by atoms with Gasteiger partial charge in [0.25, 0.3) is 17.5 Å². The number of benzene rings is 1. The van der Waals surface area contributed by atoms with Crippen molar-refractivity contribution in [3.05, 3.63) is 47.2 Å². The molecule has 1 aromatic rings. The van der Waals surface area contributed by atoms with E-state index in [-0.39, 0.29) is 29.2 Å². The summed E-state index contributed by atoms with van der Waals surface area (Å²) < 4.78 is 24.7. The maximum absolute atomic E-state index is 14.6. The number of methoxy groups -OCH3 is 1. The highest BCUT2D eigenvalue weighted by Crippen LogP contribution is 2.46. The number of carboxylic acid groups (broad SMARTS) is 1. The van der Waals surface area contributed by atoms with Crippen LogP contribution in [0.4, 0.5) is 4.39 Å². The molecule has 0 aromatic heterocycles. The van der Waals surface area contributed by atoms with Crippen LogP contribution >= 0.6 is 11.8 Å². The Kier molecular flexibility index (Phi) is 6.13. The minimum atomic E-state index is -2.04. The lowest BCUT2D eigenvalue weighted by atomic mass is 9.97. The molecule has 0 bridgehead atoms. The van der Waals surface area contributed by atoms with Crippen LogP contribution < -0.4 is 5.32 Å². The van der Waals surface area contributed by atoms with Gasteiger partial charge in [-0.05, 0) is 5.56 Å². The molecule has 1 aromatic carbocycles. The Hall–Kier alpha value is -2.92. The average molecular weight is 438 g/mol. The summed E-state index contributed by atoms with van der Waals surface area (Å²) in [5.74, 6) is -3.80. The van der Waals surface area contributed by atoms with Crippen LogP contribution in [0.15, 0.2) is 41.6 Å². The third-order valence-electron chi connectivity index (χ3n) is 4.72. The van der Waals surface area contributed by atoms with Crippen molar-refractivity contribution in [2.75, 3.05) is 19.5 Å². The molecule has 160 valence electrons. The Morgan fingerprint density at radius 2 is 2.03 bits per heavy atom. The number of rotatable bonds is 7. The molecule has 2 unspecified atom stereocenters. The standard InChI is InChI=1S/C19H19FN2O7S/c1-10(23)29-8-12-9-30-18-19(28-2,17(27)22(18)14(12)16(25)26)21-15(24)13(20)11-6-4-3-5-7-11/h3-7,13,18H,8-9H2,1-2H3,(H,21,24)(H,25,26)/t13?,18-,19?/m1/s1. The van der Waals surface area contributed by atoms with E-state index >= 15 is 0 Å². The number of carbonyl (C=O) groups is 4. The van der Waals surface area contributed by atoms with Crippen LogP contribution in [-0.2, 0) is 28.7 Å². The van der Waals surface area contributed by atoms with E-state index in [1.54, 1.807) is 18.2 Å². The molecule has 30 heavy (non-hydrogen) atoms. The molecule has 9 nitrogen and oxygen atoms in total. The highest BCUT2D eigenvalue weighted by atomic mass is 32.2. The number of ether oxygens (including phenoxy) is 2. The highest BCUT2D eigenvalue weighted by Gasteiger charge is 2.67. The van der Waals surface area contributed by atoms with Gasteiger partial charge in [0.1, 0.15) is 17.7 Å². The van der Waals surface area contributed by atoms with Gasteiger partial charge in [0, 0.05) is 25.4 Å². The lowest BCUT2D eigenvalue weighted by molar-refractivity contribution is -0.193. The molecule has 1 fully saturated rings.